The van der Waals surface area contributed by atoms with E-state index in [4.69, 9.17) is 38.1 Å². The fourth-order valence-electron chi connectivity index (χ4n) is 2.05. The standard InChI is InChI=1S/C8H21N3O3.C7H19N3O2.C7H17NO3.C4H11N3O/c1-3-12-5-10-7-14-8-11-6-13-4-9-2;1-3-9-11-7-5-10-12-6-4-8-2;1-3-10-4-5-11-7-8-6-9-2;1-5-3-7-4(8)6-2/h9-11H,3-8H2,1-2H3;8-10H,3-7H2,1-2H3;8H,3-7H2,1-2H3;5H,3H2,1-2H3,(H2,6,7,8). The van der Waals surface area contributed by atoms with Gasteiger partial charge in [-0.25, -0.2) is 15.8 Å². The molecule has 0 aliphatic heterocycles. The topological polar surface area (TPSA) is 211 Å². The number of likely N-dealkylation sites (N-methyl/N-ethyl adjacent to an activating group) is 1. The van der Waals surface area contributed by atoms with E-state index in [1.54, 1.807) is 21.2 Å². The van der Waals surface area contributed by atoms with Crippen molar-refractivity contribution in [1.82, 2.24) is 53.5 Å². The molecule has 10 N–H and O–H groups in total. The summed E-state index contributed by atoms with van der Waals surface area (Å²) in [5.41, 5.74) is 5.52. The molecular weight excluding hydrogens is 596 g/mol. The molecule has 0 aromatic rings. The highest BCUT2D eigenvalue weighted by atomic mass is 16.7. The minimum absolute atomic E-state index is 0.167. The predicted molar refractivity (Wildman–Crippen MR) is 175 cm³/mol. The Balaban J connectivity index is -0.000000253. The molecule has 19 nitrogen and oxygen atoms in total. The van der Waals surface area contributed by atoms with Gasteiger partial charge in [-0.1, -0.05) is 6.92 Å². The zero-order chi connectivity index (χ0) is 34.3. The first-order chi connectivity index (χ1) is 22.1. The third kappa shape index (κ3) is 66.1. The smallest absolute Gasteiger partial charge is 0.315 e. The van der Waals surface area contributed by atoms with Crippen LogP contribution in [0, 0.1) is 0 Å². The number of rotatable bonds is 30. The van der Waals surface area contributed by atoms with Crippen molar-refractivity contribution in [1.29, 1.82) is 0 Å². The van der Waals surface area contributed by atoms with Crippen molar-refractivity contribution in [2.45, 2.75) is 20.8 Å². The third-order valence-electron chi connectivity index (χ3n) is 4.06. The molecule has 0 rings (SSSR count). The SMILES string of the molecule is CCNOCCNOCCNC.CCOCCOCNCOC.CCOCNCOCNCOCNC.CNCNC(=O)NC. The molecule has 0 aliphatic carbocycles. The van der Waals surface area contributed by atoms with Crippen LogP contribution in [0.25, 0.3) is 0 Å². The molecule has 276 valence electrons. The number of methoxy groups -OCH3 is 1. The molecule has 0 aromatic heterocycles. The van der Waals surface area contributed by atoms with Gasteiger partial charge < -0.3 is 59.4 Å². The second-order valence-corrected chi connectivity index (χ2v) is 7.89. The summed E-state index contributed by atoms with van der Waals surface area (Å²) in [6.07, 6.45) is 0. The van der Waals surface area contributed by atoms with E-state index in [0.717, 1.165) is 19.7 Å². The third-order valence-corrected chi connectivity index (χ3v) is 4.06. The quantitative estimate of drug-likeness (QED) is 0.0224. The van der Waals surface area contributed by atoms with Crippen LogP contribution in [-0.2, 0) is 38.1 Å². The van der Waals surface area contributed by atoms with Gasteiger partial charge >= 0.3 is 6.03 Å². The molecule has 0 unspecified atom stereocenters. The molecule has 2 amide bonds. The molecule has 0 aromatic carbocycles. The lowest BCUT2D eigenvalue weighted by molar-refractivity contribution is -0.00264. The average Bonchev–Trinajstić information content (AvgIpc) is 3.06. The molecule has 0 heterocycles. The van der Waals surface area contributed by atoms with Crippen molar-refractivity contribution in [3.8, 4) is 0 Å². The summed E-state index contributed by atoms with van der Waals surface area (Å²) in [5.74, 6) is 0. The number of carbonyl (C=O) groups is 1. The second kappa shape index (κ2) is 55.1. The lowest BCUT2D eigenvalue weighted by Gasteiger charge is -2.07. The maximum Gasteiger partial charge on any atom is 0.315 e. The van der Waals surface area contributed by atoms with Crippen molar-refractivity contribution in [3.63, 3.8) is 0 Å². The van der Waals surface area contributed by atoms with E-state index in [2.05, 4.69) is 53.5 Å². The van der Waals surface area contributed by atoms with Crippen LogP contribution in [0.5, 0.6) is 0 Å². The van der Waals surface area contributed by atoms with E-state index >= 15 is 0 Å². The lowest BCUT2D eigenvalue weighted by atomic mass is 10.7. The summed E-state index contributed by atoms with van der Waals surface area (Å²) in [6, 6.07) is -0.167. The Labute approximate surface area is 271 Å². The van der Waals surface area contributed by atoms with Crippen molar-refractivity contribution < 1.29 is 42.9 Å². The molecule has 0 radical (unpaired) electrons. The lowest BCUT2D eigenvalue weighted by Crippen LogP contribution is -2.37. The molecule has 0 spiro atoms. The van der Waals surface area contributed by atoms with Gasteiger partial charge in [0, 0.05) is 47.0 Å². The Morgan fingerprint density at radius 1 is 0.556 bits per heavy atom. The summed E-state index contributed by atoms with van der Waals surface area (Å²) in [6.45, 7) is 16.3. The maximum atomic E-state index is 10.3. The predicted octanol–water partition coefficient (Wildman–Crippen LogP) is -2.21. The van der Waals surface area contributed by atoms with Gasteiger partial charge in [-0.05, 0) is 35.0 Å². The number of hydroxylamine groups is 2. The largest absolute Gasteiger partial charge is 0.379 e. The van der Waals surface area contributed by atoms with Crippen LogP contribution in [0.1, 0.15) is 20.8 Å². The molecule has 0 saturated carbocycles. The Morgan fingerprint density at radius 3 is 1.67 bits per heavy atom. The number of urea groups is 1. The molecule has 19 heteroatoms. The van der Waals surface area contributed by atoms with E-state index < -0.39 is 0 Å². The van der Waals surface area contributed by atoms with Gasteiger partial charge in [-0.2, -0.15) is 0 Å². The highest BCUT2D eigenvalue weighted by molar-refractivity contribution is 5.73. The van der Waals surface area contributed by atoms with Gasteiger partial charge in [0.2, 0.25) is 0 Å². The van der Waals surface area contributed by atoms with E-state index in [9.17, 15) is 4.79 Å². The van der Waals surface area contributed by atoms with E-state index in [1.807, 2.05) is 34.9 Å². The van der Waals surface area contributed by atoms with E-state index in [-0.39, 0.29) is 6.03 Å². The Hall–Kier alpha value is -1.37. The Morgan fingerprint density at radius 2 is 1.11 bits per heavy atom. The van der Waals surface area contributed by atoms with Crippen LogP contribution in [0.3, 0.4) is 0 Å². The fraction of sp³-hybridized carbons (Fsp3) is 0.962. The number of hydrogen-bond acceptors (Lipinski definition) is 17. The van der Waals surface area contributed by atoms with Crippen molar-refractivity contribution in [2.24, 2.45) is 0 Å². The fourth-order valence-corrected chi connectivity index (χ4v) is 2.05. The summed E-state index contributed by atoms with van der Waals surface area (Å²) in [4.78, 5) is 20.3. The minimum atomic E-state index is -0.167. The summed E-state index contributed by atoms with van der Waals surface area (Å²) in [7, 11) is 8.68. The van der Waals surface area contributed by atoms with Gasteiger partial charge in [-0.15, -0.1) is 0 Å². The van der Waals surface area contributed by atoms with Crippen LogP contribution in [0.15, 0.2) is 0 Å². The van der Waals surface area contributed by atoms with Gasteiger partial charge in [0.1, 0.15) is 13.5 Å². The molecule has 45 heavy (non-hydrogen) atoms. The van der Waals surface area contributed by atoms with Crippen molar-refractivity contribution in [2.75, 3.05) is 148 Å². The molecule has 0 fully saturated rings. The van der Waals surface area contributed by atoms with Crippen LogP contribution in [0.4, 0.5) is 4.79 Å². The van der Waals surface area contributed by atoms with E-state index in [0.29, 0.717) is 93.4 Å². The number of carbonyl (C=O) groups excluding carboxylic acids is 1. The Kier molecular flexibility index (Phi) is 61.8. The van der Waals surface area contributed by atoms with Crippen LogP contribution in [-0.4, -0.2) is 154 Å². The molecular formula is C26H68N10O9. The van der Waals surface area contributed by atoms with Gasteiger partial charge in [-0.3, -0.25) is 21.3 Å². The van der Waals surface area contributed by atoms with Gasteiger partial charge in [0.25, 0.3) is 0 Å². The highest BCUT2D eigenvalue weighted by Crippen LogP contribution is 1.75. The highest BCUT2D eigenvalue weighted by Gasteiger charge is 1.90. The molecule has 0 bridgehead atoms. The van der Waals surface area contributed by atoms with E-state index in [1.165, 1.54) is 0 Å². The maximum absolute atomic E-state index is 10.3. The summed E-state index contributed by atoms with van der Waals surface area (Å²) in [5, 5.41) is 22.3. The summed E-state index contributed by atoms with van der Waals surface area (Å²) >= 11 is 0. The molecule has 0 aliphatic rings. The second-order valence-electron chi connectivity index (χ2n) is 7.89. The first-order valence-corrected chi connectivity index (χ1v) is 15.1. The average molecular weight is 665 g/mol. The van der Waals surface area contributed by atoms with Gasteiger partial charge in [0.15, 0.2) is 0 Å². The summed E-state index contributed by atoms with van der Waals surface area (Å²) < 4.78 is 30.2. The normalized spacial score (nSPS) is 10.1. The zero-order valence-corrected chi connectivity index (χ0v) is 29.2. The van der Waals surface area contributed by atoms with Crippen LogP contribution in [0.2, 0.25) is 0 Å². The number of amides is 2. The van der Waals surface area contributed by atoms with Crippen LogP contribution >= 0.6 is 0 Å². The first-order valence-electron chi connectivity index (χ1n) is 15.1. The monoisotopic (exact) mass is 665 g/mol. The van der Waals surface area contributed by atoms with Crippen LogP contribution < -0.4 is 53.5 Å². The molecule has 0 atom stereocenters. The zero-order valence-electron chi connectivity index (χ0n) is 29.2. The van der Waals surface area contributed by atoms with Gasteiger partial charge in [0.05, 0.1) is 66.8 Å². The molecule has 0 saturated heterocycles. The minimum Gasteiger partial charge on any atom is -0.379 e. The van der Waals surface area contributed by atoms with Crippen molar-refractivity contribution in [3.05, 3.63) is 0 Å². The first kappa shape index (κ1) is 50.5. The number of hydrogen-bond donors (Lipinski definition) is 10. The van der Waals surface area contributed by atoms with Crippen molar-refractivity contribution >= 4 is 6.03 Å². The number of nitrogens with one attached hydrogen (secondary N) is 10. The Bertz CT molecular complexity index is 468. The number of ether oxygens (including phenoxy) is 6.